The molecule has 2 unspecified atom stereocenters. The normalized spacial score (nSPS) is 21.1. The first-order chi connectivity index (χ1) is 9.09. The lowest BCUT2D eigenvalue weighted by molar-refractivity contribution is -0.174. The van der Waals surface area contributed by atoms with Gasteiger partial charge < -0.3 is 9.47 Å². The molecule has 1 fully saturated rings. The van der Waals surface area contributed by atoms with Gasteiger partial charge in [0.25, 0.3) is 0 Å². The molecule has 2 atom stereocenters. The van der Waals surface area contributed by atoms with E-state index in [0.29, 0.717) is 13.0 Å². The summed E-state index contributed by atoms with van der Waals surface area (Å²) in [6.45, 7) is 2.12. The van der Waals surface area contributed by atoms with E-state index in [1.54, 1.807) is 0 Å². The number of hydrogen-bond acceptors (Lipinski definition) is 3. The fourth-order valence-corrected chi connectivity index (χ4v) is 2.02. The number of ketones is 1. The van der Waals surface area contributed by atoms with Crippen LogP contribution < -0.4 is 0 Å². The summed E-state index contributed by atoms with van der Waals surface area (Å²) in [5, 5.41) is 0. The van der Waals surface area contributed by atoms with Crippen LogP contribution in [-0.4, -0.2) is 24.8 Å². The van der Waals surface area contributed by atoms with Crippen molar-refractivity contribution in [3.63, 3.8) is 0 Å². The highest BCUT2D eigenvalue weighted by Crippen LogP contribution is 2.19. The van der Waals surface area contributed by atoms with Crippen LogP contribution in [0, 0.1) is 11.6 Å². The maximum absolute atomic E-state index is 13.5. The Morgan fingerprint density at radius 3 is 2.89 bits per heavy atom. The molecule has 0 N–H and O–H groups in total. The van der Waals surface area contributed by atoms with Gasteiger partial charge in [-0.1, -0.05) is 6.07 Å². The van der Waals surface area contributed by atoms with Crippen molar-refractivity contribution in [1.82, 2.24) is 0 Å². The zero-order chi connectivity index (χ0) is 13.8. The van der Waals surface area contributed by atoms with Crippen molar-refractivity contribution in [2.24, 2.45) is 0 Å². The summed E-state index contributed by atoms with van der Waals surface area (Å²) in [6, 6.07) is 3.53. The molecule has 0 amide bonds. The molecular formula is C14H16F2O3. The van der Waals surface area contributed by atoms with Crippen LogP contribution >= 0.6 is 0 Å². The molecule has 1 aliphatic heterocycles. The summed E-state index contributed by atoms with van der Waals surface area (Å²) >= 11 is 0. The molecule has 0 aromatic heterocycles. The number of ether oxygens (including phenoxy) is 2. The van der Waals surface area contributed by atoms with Crippen LogP contribution in [0.25, 0.3) is 0 Å². The van der Waals surface area contributed by atoms with Crippen LogP contribution in [0.15, 0.2) is 18.2 Å². The first-order valence-corrected chi connectivity index (χ1v) is 6.35. The molecule has 0 spiro atoms. The SMILES string of the molecule is CC(OC1CCCCO1)C(=O)c1cccc(F)c1F. The van der Waals surface area contributed by atoms with Crippen LogP contribution in [0.2, 0.25) is 0 Å². The fraction of sp³-hybridized carbons (Fsp3) is 0.500. The van der Waals surface area contributed by atoms with Crippen LogP contribution in [-0.2, 0) is 9.47 Å². The molecular weight excluding hydrogens is 254 g/mol. The third-order valence-electron chi connectivity index (χ3n) is 3.08. The van der Waals surface area contributed by atoms with Crippen molar-refractivity contribution in [2.45, 2.75) is 38.6 Å². The molecule has 5 heteroatoms. The molecule has 1 heterocycles. The van der Waals surface area contributed by atoms with Gasteiger partial charge in [-0.2, -0.15) is 0 Å². The van der Waals surface area contributed by atoms with Crippen LogP contribution in [0.1, 0.15) is 36.5 Å². The molecule has 2 rings (SSSR count). The number of benzene rings is 1. The first-order valence-electron chi connectivity index (χ1n) is 6.35. The van der Waals surface area contributed by atoms with Crippen LogP contribution in [0.4, 0.5) is 8.78 Å². The summed E-state index contributed by atoms with van der Waals surface area (Å²) in [7, 11) is 0. The predicted molar refractivity (Wildman–Crippen MR) is 64.8 cm³/mol. The van der Waals surface area contributed by atoms with E-state index in [9.17, 15) is 13.6 Å². The van der Waals surface area contributed by atoms with E-state index in [1.807, 2.05) is 0 Å². The van der Waals surface area contributed by atoms with Gasteiger partial charge in [-0.05, 0) is 38.3 Å². The Kier molecular flexibility index (Phi) is 4.61. The second-order valence-corrected chi connectivity index (χ2v) is 4.54. The van der Waals surface area contributed by atoms with Gasteiger partial charge in [-0.3, -0.25) is 4.79 Å². The molecule has 1 aromatic rings. The minimum atomic E-state index is -1.13. The van der Waals surface area contributed by atoms with Gasteiger partial charge in [0.1, 0.15) is 6.10 Å². The van der Waals surface area contributed by atoms with Crippen molar-refractivity contribution in [3.05, 3.63) is 35.4 Å². The molecule has 1 saturated heterocycles. The van der Waals surface area contributed by atoms with E-state index in [-0.39, 0.29) is 5.56 Å². The van der Waals surface area contributed by atoms with Gasteiger partial charge in [0.15, 0.2) is 23.7 Å². The lowest BCUT2D eigenvalue weighted by Gasteiger charge is -2.25. The lowest BCUT2D eigenvalue weighted by atomic mass is 10.1. The van der Waals surface area contributed by atoms with Crippen molar-refractivity contribution < 1.29 is 23.0 Å². The molecule has 0 aliphatic carbocycles. The van der Waals surface area contributed by atoms with Crippen molar-refractivity contribution in [3.8, 4) is 0 Å². The molecule has 0 radical (unpaired) electrons. The molecule has 0 saturated carbocycles. The molecule has 104 valence electrons. The van der Waals surface area contributed by atoms with E-state index in [4.69, 9.17) is 9.47 Å². The maximum atomic E-state index is 13.5. The number of halogens is 2. The van der Waals surface area contributed by atoms with Crippen LogP contribution in [0.3, 0.4) is 0 Å². The highest BCUT2D eigenvalue weighted by atomic mass is 19.2. The van der Waals surface area contributed by atoms with Gasteiger partial charge >= 0.3 is 0 Å². The minimum Gasteiger partial charge on any atom is -0.353 e. The van der Waals surface area contributed by atoms with Crippen molar-refractivity contribution in [1.29, 1.82) is 0 Å². The molecule has 1 aliphatic rings. The van der Waals surface area contributed by atoms with Gasteiger partial charge in [-0.25, -0.2) is 8.78 Å². The predicted octanol–water partition coefficient (Wildman–Crippen LogP) is 3.08. The number of carbonyl (C=O) groups is 1. The van der Waals surface area contributed by atoms with E-state index in [0.717, 1.165) is 18.9 Å². The van der Waals surface area contributed by atoms with Gasteiger partial charge in [-0.15, -0.1) is 0 Å². The average molecular weight is 270 g/mol. The second kappa shape index (κ2) is 6.21. The summed E-state index contributed by atoms with van der Waals surface area (Å²) in [4.78, 5) is 12.0. The van der Waals surface area contributed by atoms with Crippen LogP contribution in [0.5, 0.6) is 0 Å². The quantitative estimate of drug-likeness (QED) is 0.789. The minimum absolute atomic E-state index is 0.289. The number of carbonyl (C=O) groups excluding carboxylic acids is 1. The average Bonchev–Trinajstić information content (AvgIpc) is 2.42. The molecule has 19 heavy (non-hydrogen) atoms. The Bertz CT molecular complexity index is 456. The first kappa shape index (κ1) is 14.1. The van der Waals surface area contributed by atoms with E-state index in [1.165, 1.54) is 19.1 Å². The Balaban J connectivity index is 2.03. The molecule has 1 aromatic carbocycles. The second-order valence-electron chi connectivity index (χ2n) is 4.54. The van der Waals surface area contributed by atoms with E-state index >= 15 is 0 Å². The summed E-state index contributed by atoms with van der Waals surface area (Å²) in [5.41, 5.74) is -0.289. The number of Topliss-reactive ketones (excluding diaryl/α,β-unsaturated/α-hetero) is 1. The lowest BCUT2D eigenvalue weighted by Crippen LogP contribution is -2.31. The van der Waals surface area contributed by atoms with E-state index < -0.39 is 29.8 Å². The third kappa shape index (κ3) is 3.36. The Morgan fingerprint density at radius 1 is 1.42 bits per heavy atom. The summed E-state index contributed by atoms with van der Waals surface area (Å²) in [5.74, 6) is -2.74. The smallest absolute Gasteiger partial charge is 0.194 e. The maximum Gasteiger partial charge on any atom is 0.194 e. The summed E-state index contributed by atoms with van der Waals surface area (Å²) < 4.78 is 37.4. The van der Waals surface area contributed by atoms with Gasteiger partial charge in [0.05, 0.1) is 5.56 Å². The largest absolute Gasteiger partial charge is 0.353 e. The van der Waals surface area contributed by atoms with Crippen molar-refractivity contribution in [2.75, 3.05) is 6.61 Å². The zero-order valence-corrected chi connectivity index (χ0v) is 10.7. The highest BCUT2D eigenvalue weighted by molar-refractivity contribution is 5.99. The fourth-order valence-electron chi connectivity index (χ4n) is 2.02. The Morgan fingerprint density at radius 2 is 2.21 bits per heavy atom. The molecule has 3 nitrogen and oxygen atoms in total. The zero-order valence-electron chi connectivity index (χ0n) is 10.7. The van der Waals surface area contributed by atoms with Crippen molar-refractivity contribution >= 4 is 5.78 Å². The monoisotopic (exact) mass is 270 g/mol. The summed E-state index contributed by atoms with van der Waals surface area (Å²) in [6.07, 6.45) is 1.35. The standard InChI is InChI=1S/C14H16F2O3/c1-9(19-12-7-2-3-8-18-12)14(17)10-5-4-6-11(15)13(10)16/h4-6,9,12H,2-3,7-8H2,1H3. The number of hydrogen-bond donors (Lipinski definition) is 0. The third-order valence-corrected chi connectivity index (χ3v) is 3.08. The van der Waals surface area contributed by atoms with Gasteiger partial charge in [0.2, 0.25) is 0 Å². The Labute approximate surface area is 110 Å². The Hall–Kier alpha value is -1.33. The highest BCUT2D eigenvalue weighted by Gasteiger charge is 2.25. The molecule has 0 bridgehead atoms. The number of rotatable bonds is 4. The van der Waals surface area contributed by atoms with E-state index in [2.05, 4.69) is 0 Å². The van der Waals surface area contributed by atoms with Gasteiger partial charge in [0, 0.05) is 6.61 Å². The topological polar surface area (TPSA) is 35.5 Å².